The number of pyridine rings is 1. The van der Waals surface area contributed by atoms with Crippen LogP contribution in [0.5, 0.6) is 0 Å². The van der Waals surface area contributed by atoms with E-state index in [4.69, 9.17) is 17.3 Å². The Kier molecular flexibility index (Phi) is 4.02. The second kappa shape index (κ2) is 5.71. The molecule has 0 aliphatic rings. The normalized spacial score (nSPS) is 10.2. The number of carbonyl (C=O) groups excluding carboxylic acids is 1. The first-order valence-corrected chi connectivity index (χ1v) is 6.19. The standard InChI is InChI=1S/C14H14ClN3O/c1-9-6-13(17-8-12(9)16)18-14(19)7-10-2-4-11(15)5-3-10/h2-6,8H,7,16H2,1H3,(H,17,18,19). The Morgan fingerprint density at radius 3 is 2.68 bits per heavy atom. The van der Waals surface area contributed by atoms with Crippen molar-refractivity contribution in [2.45, 2.75) is 13.3 Å². The van der Waals surface area contributed by atoms with Gasteiger partial charge in [0.05, 0.1) is 18.3 Å². The SMILES string of the molecule is Cc1cc(NC(=O)Cc2ccc(Cl)cc2)ncc1N. The van der Waals surface area contributed by atoms with Crippen LogP contribution in [0, 0.1) is 6.92 Å². The monoisotopic (exact) mass is 275 g/mol. The highest BCUT2D eigenvalue weighted by Crippen LogP contribution is 2.14. The lowest BCUT2D eigenvalue weighted by Gasteiger charge is -2.06. The van der Waals surface area contributed by atoms with Gasteiger partial charge in [-0.05, 0) is 36.2 Å². The van der Waals surface area contributed by atoms with Crippen molar-refractivity contribution in [3.8, 4) is 0 Å². The van der Waals surface area contributed by atoms with Gasteiger partial charge in [0, 0.05) is 5.02 Å². The molecule has 1 amide bonds. The van der Waals surface area contributed by atoms with E-state index in [0.29, 0.717) is 16.5 Å². The Morgan fingerprint density at radius 2 is 2.05 bits per heavy atom. The number of nitrogens with one attached hydrogen (secondary N) is 1. The highest BCUT2D eigenvalue weighted by atomic mass is 35.5. The Bertz CT molecular complexity index is 596. The molecule has 0 aliphatic carbocycles. The molecule has 0 bridgehead atoms. The average molecular weight is 276 g/mol. The van der Waals surface area contributed by atoms with E-state index in [2.05, 4.69) is 10.3 Å². The summed E-state index contributed by atoms with van der Waals surface area (Å²) in [6, 6.07) is 8.91. The molecular formula is C14H14ClN3O. The van der Waals surface area contributed by atoms with Gasteiger partial charge in [-0.3, -0.25) is 4.79 Å². The molecule has 5 heteroatoms. The predicted molar refractivity (Wildman–Crippen MR) is 77.2 cm³/mol. The first-order valence-electron chi connectivity index (χ1n) is 5.81. The van der Waals surface area contributed by atoms with E-state index in [1.54, 1.807) is 18.2 Å². The third-order valence-corrected chi connectivity index (χ3v) is 2.95. The molecule has 1 aromatic carbocycles. The topological polar surface area (TPSA) is 68.0 Å². The van der Waals surface area contributed by atoms with Crippen molar-refractivity contribution >= 4 is 29.0 Å². The van der Waals surface area contributed by atoms with Gasteiger partial charge in [-0.25, -0.2) is 4.98 Å². The summed E-state index contributed by atoms with van der Waals surface area (Å²) in [7, 11) is 0. The zero-order valence-corrected chi connectivity index (χ0v) is 11.2. The summed E-state index contributed by atoms with van der Waals surface area (Å²) < 4.78 is 0. The summed E-state index contributed by atoms with van der Waals surface area (Å²) in [5, 5.41) is 3.39. The molecule has 0 atom stereocenters. The van der Waals surface area contributed by atoms with Crippen LogP contribution in [-0.2, 0) is 11.2 Å². The summed E-state index contributed by atoms with van der Waals surface area (Å²) in [4.78, 5) is 15.9. The van der Waals surface area contributed by atoms with Crippen molar-refractivity contribution < 1.29 is 4.79 Å². The van der Waals surface area contributed by atoms with Gasteiger partial charge in [0.25, 0.3) is 0 Å². The maximum absolute atomic E-state index is 11.8. The molecule has 2 aromatic rings. The fraction of sp³-hybridized carbons (Fsp3) is 0.143. The number of amides is 1. The van der Waals surface area contributed by atoms with Crippen molar-refractivity contribution in [1.82, 2.24) is 4.98 Å². The Labute approximate surface area is 116 Å². The molecule has 19 heavy (non-hydrogen) atoms. The summed E-state index contributed by atoms with van der Waals surface area (Å²) in [6.45, 7) is 1.87. The number of hydrogen-bond donors (Lipinski definition) is 2. The smallest absolute Gasteiger partial charge is 0.229 e. The largest absolute Gasteiger partial charge is 0.397 e. The third kappa shape index (κ3) is 3.69. The number of anilines is 2. The van der Waals surface area contributed by atoms with Gasteiger partial charge in [0.15, 0.2) is 0 Å². The molecule has 0 saturated carbocycles. The van der Waals surface area contributed by atoms with Gasteiger partial charge in [-0.1, -0.05) is 23.7 Å². The second-order valence-corrected chi connectivity index (χ2v) is 4.71. The maximum atomic E-state index is 11.8. The molecule has 0 saturated heterocycles. The minimum Gasteiger partial charge on any atom is -0.397 e. The first kappa shape index (κ1) is 13.4. The number of aryl methyl sites for hydroxylation is 1. The van der Waals surface area contributed by atoms with Crippen molar-refractivity contribution in [3.63, 3.8) is 0 Å². The highest BCUT2D eigenvalue weighted by molar-refractivity contribution is 6.30. The fourth-order valence-corrected chi connectivity index (χ4v) is 1.74. The molecule has 4 nitrogen and oxygen atoms in total. The van der Waals surface area contributed by atoms with E-state index in [1.165, 1.54) is 6.20 Å². The first-order chi connectivity index (χ1) is 9.04. The number of nitrogen functional groups attached to an aromatic ring is 1. The molecule has 0 radical (unpaired) electrons. The lowest BCUT2D eigenvalue weighted by atomic mass is 10.1. The lowest BCUT2D eigenvalue weighted by Crippen LogP contribution is -2.15. The number of hydrogen-bond acceptors (Lipinski definition) is 3. The van der Waals surface area contributed by atoms with Gasteiger partial charge >= 0.3 is 0 Å². The van der Waals surface area contributed by atoms with Gasteiger partial charge in [-0.15, -0.1) is 0 Å². The van der Waals surface area contributed by atoms with E-state index < -0.39 is 0 Å². The maximum Gasteiger partial charge on any atom is 0.229 e. The molecule has 1 heterocycles. The molecule has 0 unspecified atom stereocenters. The Balaban J connectivity index is 2.01. The molecule has 0 spiro atoms. The van der Waals surface area contributed by atoms with Gasteiger partial charge in [0.2, 0.25) is 5.91 Å². The minimum atomic E-state index is -0.126. The number of rotatable bonds is 3. The minimum absolute atomic E-state index is 0.126. The van der Waals surface area contributed by atoms with Crippen LogP contribution >= 0.6 is 11.6 Å². The molecule has 0 aliphatic heterocycles. The van der Waals surface area contributed by atoms with Gasteiger partial charge < -0.3 is 11.1 Å². The van der Waals surface area contributed by atoms with Crippen LogP contribution in [0.4, 0.5) is 11.5 Å². The van der Waals surface area contributed by atoms with Crippen LogP contribution in [0.15, 0.2) is 36.5 Å². The molecule has 0 fully saturated rings. The third-order valence-electron chi connectivity index (χ3n) is 2.70. The zero-order valence-electron chi connectivity index (χ0n) is 10.5. The molecule has 1 aromatic heterocycles. The quantitative estimate of drug-likeness (QED) is 0.905. The molecule has 3 N–H and O–H groups in total. The van der Waals surface area contributed by atoms with Crippen molar-refractivity contribution in [2.24, 2.45) is 0 Å². The summed E-state index contributed by atoms with van der Waals surface area (Å²) in [5.74, 6) is 0.379. The summed E-state index contributed by atoms with van der Waals surface area (Å²) in [6.07, 6.45) is 1.81. The number of halogens is 1. The summed E-state index contributed by atoms with van der Waals surface area (Å²) in [5.41, 5.74) is 8.06. The summed E-state index contributed by atoms with van der Waals surface area (Å²) >= 11 is 5.79. The van der Waals surface area contributed by atoms with E-state index in [1.807, 2.05) is 19.1 Å². The Hall–Kier alpha value is -2.07. The molecule has 2 rings (SSSR count). The van der Waals surface area contributed by atoms with Crippen LogP contribution in [0.3, 0.4) is 0 Å². The van der Waals surface area contributed by atoms with Crippen molar-refractivity contribution in [1.29, 1.82) is 0 Å². The van der Waals surface area contributed by atoms with Crippen molar-refractivity contribution in [2.75, 3.05) is 11.1 Å². The Morgan fingerprint density at radius 1 is 1.37 bits per heavy atom. The van der Waals surface area contributed by atoms with Crippen molar-refractivity contribution in [3.05, 3.63) is 52.7 Å². The van der Waals surface area contributed by atoms with Crippen LogP contribution in [0.1, 0.15) is 11.1 Å². The number of aromatic nitrogens is 1. The van der Waals surface area contributed by atoms with Crippen LogP contribution in [-0.4, -0.2) is 10.9 Å². The van der Waals surface area contributed by atoms with E-state index in [9.17, 15) is 4.79 Å². The van der Waals surface area contributed by atoms with Crippen LogP contribution in [0.25, 0.3) is 0 Å². The number of nitrogens with two attached hydrogens (primary N) is 1. The fourth-order valence-electron chi connectivity index (χ4n) is 1.61. The second-order valence-electron chi connectivity index (χ2n) is 4.28. The van der Waals surface area contributed by atoms with E-state index >= 15 is 0 Å². The van der Waals surface area contributed by atoms with E-state index in [0.717, 1.165) is 11.1 Å². The van der Waals surface area contributed by atoms with Crippen LogP contribution in [0.2, 0.25) is 5.02 Å². The van der Waals surface area contributed by atoms with Gasteiger partial charge in [0.1, 0.15) is 5.82 Å². The molecule has 98 valence electrons. The zero-order chi connectivity index (χ0) is 13.8. The predicted octanol–water partition coefficient (Wildman–Crippen LogP) is 2.81. The number of carbonyl (C=O) groups is 1. The van der Waals surface area contributed by atoms with E-state index in [-0.39, 0.29) is 12.3 Å². The van der Waals surface area contributed by atoms with Crippen LogP contribution < -0.4 is 11.1 Å². The number of benzene rings is 1. The average Bonchev–Trinajstić information content (AvgIpc) is 2.37. The lowest BCUT2D eigenvalue weighted by molar-refractivity contribution is -0.115. The number of nitrogens with zero attached hydrogens (tertiary/aromatic N) is 1. The van der Waals surface area contributed by atoms with Gasteiger partial charge in [-0.2, -0.15) is 0 Å². The highest BCUT2D eigenvalue weighted by Gasteiger charge is 2.06. The molecular weight excluding hydrogens is 262 g/mol.